The molecule has 0 fully saturated rings. The second kappa shape index (κ2) is 6.23. The Labute approximate surface area is 149 Å². The maximum Gasteiger partial charge on any atom is 0.122 e. The SMILES string of the molecule is COc1cc(C)c(C2NCCc3c2[nH]c2ccccc32)cc1C(C)C. The molecule has 2 heterocycles. The lowest BCUT2D eigenvalue weighted by Crippen LogP contribution is -2.31. The standard InChI is InChI=1S/C22H26N2O/c1-13(2)17-12-18(14(3)11-20(17)25-4)21-22-16(9-10-23-21)15-7-5-6-8-19(15)24-22/h5-8,11-13,21,23-24H,9-10H2,1-4H3. The molecule has 0 saturated carbocycles. The molecule has 0 bridgehead atoms. The van der Waals surface area contributed by atoms with Gasteiger partial charge >= 0.3 is 0 Å². The van der Waals surface area contributed by atoms with E-state index in [-0.39, 0.29) is 6.04 Å². The van der Waals surface area contributed by atoms with Gasteiger partial charge in [-0.1, -0.05) is 32.0 Å². The molecule has 0 spiro atoms. The van der Waals surface area contributed by atoms with Gasteiger partial charge in [-0.2, -0.15) is 0 Å². The molecular weight excluding hydrogens is 308 g/mol. The number of hydrogen-bond donors (Lipinski definition) is 2. The second-order valence-corrected chi connectivity index (χ2v) is 7.31. The average molecular weight is 334 g/mol. The van der Waals surface area contributed by atoms with Gasteiger partial charge in [0.15, 0.2) is 0 Å². The lowest BCUT2D eigenvalue weighted by atomic mass is 9.88. The molecule has 3 nitrogen and oxygen atoms in total. The first-order valence-corrected chi connectivity index (χ1v) is 9.11. The number of aromatic nitrogens is 1. The quantitative estimate of drug-likeness (QED) is 0.719. The number of benzene rings is 2. The van der Waals surface area contributed by atoms with E-state index in [0.29, 0.717) is 5.92 Å². The number of methoxy groups -OCH3 is 1. The Morgan fingerprint density at radius 2 is 1.96 bits per heavy atom. The number of aromatic amines is 1. The summed E-state index contributed by atoms with van der Waals surface area (Å²) in [5, 5.41) is 5.09. The summed E-state index contributed by atoms with van der Waals surface area (Å²) in [7, 11) is 1.76. The number of nitrogens with one attached hydrogen (secondary N) is 2. The highest BCUT2D eigenvalue weighted by molar-refractivity contribution is 5.85. The van der Waals surface area contributed by atoms with Crippen LogP contribution in [0.3, 0.4) is 0 Å². The Morgan fingerprint density at radius 1 is 1.16 bits per heavy atom. The van der Waals surface area contributed by atoms with Crippen molar-refractivity contribution in [3.63, 3.8) is 0 Å². The summed E-state index contributed by atoms with van der Waals surface area (Å²) in [5.41, 5.74) is 7.89. The van der Waals surface area contributed by atoms with E-state index in [9.17, 15) is 0 Å². The number of hydrogen-bond acceptors (Lipinski definition) is 2. The van der Waals surface area contributed by atoms with Crippen LogP contribution in [-0.2, 0) is 6.42 Å². The Balaban J connectivity index is 1.88. The fraction of sp³-hybridized carbons (Fsp3) is 0.364. The molecule has 25 heavy (non-hydrogen) atoms. The zero-order chi connectivity index (χ0) is 17.6. The molecule has 1 atom stereocenters. The Kier molecular flexibility index (Phi) is 4.04. The Bertz CT molecular complexity index is 923. The molecular formula is C22H26N2O. The summed E-state index contributed by atoms with van der Waals surface area (Å²) in [6.07, 6.45) is 1.07. The zero-order valence-corrected chi connectivity index (χ0v) is 15.4. The van der Waals surface area contributed by atoms with E-state index < -0.39 is 0 Å². The van der Waals surface area contributed by atoms with Crippen molar-refractivity contribution < 1.29 is 4.74 Å². The molecule has 1 unspecified atom stereocenters. The van der Waals surface area contributed by atoms with Crippen LogP contribution < -0.4 is 10.1 Å². The molecule has 1 aliphatic heterocycles. The molecule has 1 aromatic heterocycles. The smallest absolute Gasteiger partial charge is 0.122 e. The van der Waals surface area contributed by atoms with Gasteiger partial charge in [-0.05, 0) is 59.7 Å². The van der Waals surface area contributed by atoms with E-state index in [4.69, 9.17) is 4.74 Å². The summed E-state index contributed by atoms with van der Waals surface area (Å²) in [6.45, 7) is 7.63. The lowest BCUT2D eigenvalue weighted by molar-refractivity contribution is 0.406. The van der Waals surface area contributed by atoms with Crippen LogP contribution in [0.2, 0.25) is 0 Å². The maximum atomic E-state index is 5.62. The van der Waals surface area contributed by atoms with E-state index in [2.05, 4.69) is 67.5 Å². The van der Waals surface area contributed by atoms with Crippen molar-refractivity contribution in [2.24, 2.45) is 0 Å². The number of rotatable bonds is 3. The number of aryl methyl sites for hydroxylation is 1. The number of ether oxygens (including phenoxy) is 1. The van der Waals surface area contributed by atoms with Crippen LogP contribution in [0.25, 0.3) is 10.9 Å². The lowest BCUT2D eigenvalue weighted by Gasteiger charge is -2.27. The van der Waals surface area contributed by atoms with Gasteiger partial charge in [-0.3, -0.25) is 0 Å². The van der Waals surface area contributed by atoms with E-state index in [1.807, 2.05) is 0 Å². The Morgan fingerprint density at radius 3 is 2.72 bits per heavy atom. The van der Waals surface area contributed by atoms with Gasteiger partial charge in [0.25, 0.3) is 0 Å². The van der Waals surface area contributed by atoms with Gasteiger partial charge in [-0.15, -0.1) is 0 Å². The largest absolute Gasteiger partial charge is 0.496 e. The highest BCUT2D eigenvalue weighted by Crippen LogP contribution is 2.38. The Hall–Kier alpha value is -2.26. The first kappa shape index (κ1) is 16.2. The first-order valence-electron chi connectivity index (χ1n) is 9.11. The third-order valence-electron chi connectivity index (χ3n) is 5.41. The average Bonchev–Trinajstić information content (AvgIpc) is 3.00. The summed E-state index contributed by atoms with van der Waals surface area (Å²) in [5.74, 6) is 1.42. The van der Waals surface area contributed by atoms with E-state index in [1.54, 1.807) is 7.11 Å². The van der Waals surface area contributed by atoms with Crippen LogP contribution in [0.15, 0.2) is 36.4 Å². The van der Waals surface area contributed by atoms with Crippen molar-refractivity contribution in [3.05, 3.63) is 64.3 Å². The van der Waals surface area contributed by atoms with Gasteiger partial charge in [0.2, 0.25) is 0 Å². The second-order valence-electron chi connectivity index (χ2n) is 7.31. The highest BCUT2D eigenvalue weighted by atomic mass is 16.5. The van der Waals surface area contributed by atoms with Gasteiger partial charge in [0.1, 0.15) is 5.75 Å². The number of para-hydroxylation sites is 1. The fourth-order valence-electron chi connectivity index (χ4n) is 4.10. The van der Waals surface area contributed by atoms with Gasteiger partial charge in [0.05, 0.1) is 13.2 Å². The van der Waals surface area contributed by atoms with E-state index in [0.717, 1.165) is 18.7 Å². The van der Waals surface area contributed by atoms with Crippen molar-refractivity contribution in [2.75, 3.05) is 13.7 Å². The third-order valence-corrected chi connectivity index (χ3v) is 5.41. The predicted octanol–water partition coefficient (Wildman–Crippen LogP) is 4.84. The normalized spacial score (nSPS) is 17.1. The molecule has 4 rings (SSSR count). The fourth-order valence-corrected chi connectivity index (χ4v) is 4.10. The summed E-state index contributed by atoms with van der Waals surface area (Å²) >= 11 is 0. The van der Waals surface area contributed by atoms with Gasteiger partial charge in [-0.25, -0.2) is 0 Å². The molecule has 0 aliphatic carbocycles. The maximum absolute atomic E-state index is 5.62. The third kappa shape index (κ3) is 2.63. The predicted molar refractivity (Wildman–Crippen MR) is 104 cm³/mol. The molecule has 130 valence electrons. The van der Waals surface area contributed by atoms with Crippen molar-refractivity contribution in [1.29, 1.82) is 0 Å². The molecule has 1 aliphatic rings. The highest BCUT2D eigenvalue weighted by Gasteiger charge is 2.27. The van der Waals surface area contributed by atoms with Crippen LogP contribution in [0.5, 0.6) is 5.75 Å². The van der Waals surface area contributed by atoms with Crippen LogP contribution in [-0.4, -0.2) is 18.6 Å². The summed E-state index contributed by atoms with van der Waals surface area (Å²) in [4.78, 5) is 3.68. The minimum absolute atomic E-state index is 0.208. The van der Waals surface area contributed by atoms with Crippen LogP contribution in [0, 0.1) is 6.92 Å². The topological polar surface area (TPSA) is 37.0 Å². The van der Waals surface area contributed by atoms with Crippen molar-refractivity contribution in [3.8, 4) is 5.75 Å². The molecule has 2 N–H and O–H groups in total. The van der Waals surface area contributed by atoms with Gasteiger partial charge < -0.3 is 15.0 Å². The number of fused-ring (bicyclic) bond motifs is 3. The molecule has 3 aromatic rings. The molecule has 0 saturated heterocycles. The zero-order valence-electron chi connectivity index (χ0n) is 15.4. The van der Waals surface area contributed by atoms with Crippen LogP contribution >= 0.6 is 0 Å². The summed E-state index contributed by atoms with van der Waals surface area (Å²) in [6, 6.07) is 13.4. The molecule has 3 heteroatoms. The van der Waals surface area contributed by atoms with E-state index in [1.165, 1.54) is 38.9 Å². The number of H-pyrrole nitrogens is 1. The van der Waals surface area contributed by atoms with Crippen LogP contribution in [0.4, 0.5) is 0 Å². The van der Waals surface area contributed by atoms with Gasteiger partial charge in [0, 0.05) is 23.1 Å². The minimum Gasteiger partial charge on any atom is -0.496 e. The van der Waals surface area contributed by atoms with E-state index >= 15 is 0 Å². The van der Waals surface area contributed by atoms with Crippen LogP contribution in [0.1, 0.15) is 53.8 Å². The molecule has 2 aromatic carbocycles. The van der Waals surface area contributed by atoms with Crippen molar-refractivity contribution in [2.45, 2.75) is 39.2 Å². The monoisotopic (exact) mass is 334 g/mol. The molecule has 0 amide bonds. The first-order chi connectivity index (χ1) is 12.1. The van der Waals surface area contributed by atoms with Crippen molar-refractivity contribution in [1.82, 2.24) is 10.3 Å². The molecule has 0 radical (unpaired) electrons. The summed E-state index contributed by atoms with van der Waals surface area (Å²) < 4.78 is 5.62. The van der Waals surface area contributed by atoms with Crippen molar-refractivity contribution >= 4 is 10.9 Å². The minimum atomic E-state index is 0.208.